The number of hydrogen-bond donors (Lipinski definition) is 2. The van der Waals surface area contributed by atoms with Gasteiger partial charge in [-0.3, -0.25) is 9.59 Å². The van der Waals surface area contributed by atoms with E-state index >= 15 is 0 Å². The Morgan fingerprint density at radius 1 is 1.14 bits per heavy atom. The molecule has 2 N–H and O–H groups in total. The van der Waals surface area contributed by atoms with Crippen LogP contribution in [-0.4, -0.2) is 34.0 Å². The first-order valence-electron chi connectivity index (χ1n) is 11.3. The van der Waals surface area contributed by atoms with E-state index in [1.807, 2.05) is 31.2 Å². The zero-order valence-electron chi connectivity index (χ0n) is 18.3. The van der Waals surface area contributed by atoms with Crippen LogP contribution in [0, 0.1) is 11.8 Å². The van der Waals surface area contributed by atoms with Gasteiger partial charge in [-0.2, -0.15) is 0 Å². The summed E-state index contributed by atoms with van der Waals surface area (Å²) in [7, 11) is 0. The molecule has 0 aromatic carbocycles. The average molecular weight is 405 g/mol. The highest BCUT2D eigenvalue weighted by atomic mass is 16.3. The van der Waals surface area contributed by atoms with Crippen molar-refractivity contribution in [2.45, 2.75) is 90.1 Å². The molecule has 1 unspecified atom stereocenters. The van der Waals surface area contributed by atoms with Crippen LogP contribution in [0.5, 0.6) is 0 Å². The summed E-state index contributed by atoms with van der Waals surface area (Å²) >= 11 is 0. The van der Waals surface area contributed by atoms with E-state index in [2.05, 4.69) is 13.0 Å². The van der Waals surface area contributed by atoms with Crippen LogP contribution in [0.3, 0.4) is 0 Å². The Hall–Kier alpha value is -1.52. The summed E-state index contributed by atoms with van der Waals surface area (Å²) in [6.45, 7) is 3.84. The Morgan fingerprint density at radius 2 is 1.93 bits per heavy atom. The number of unbranched alkanes of at least 4 members (excludes halogenated alkanes) is 4. The molecule has 0 aromatic rings. The van der Waals surface area contributed by atoms with E-state index in [-0.39, 0.29) is 30.0 Å². The summed E-state index contributed by atoms with van der Waals surface area (Å²) in [5.74, 6) is 0.0476. The molecule has 1 aliphatic carbocycles. The number of Topliss-reactive ketones (excluding diaryl/α,β-unsaturated/α-hetero) is 1. The summed E-state index contributed by atoms with van der Waals surface area (Å²) in [5.41, 5.74) is -0.641. The predicted molar refractivity (Wildman–Crippen MR) is 119 cm³/mol. The lowest BCUT2D eigenvalue weighted by Crippen LogP contribution is -2.26. The standard InChI is InChI=1S/C25H40O4/c1-3-5-6-11-18-25(29,4-2)19-12-13-21-16-17-24(28)23(21)15-10-8-7-9-14-22(27)20-26/h8,10,12-13,16-17,21,23,26,29H,3-7,9,11,14-15,18-20H2,1-2H3/b10-8-,13-12+/t21-,23+,25?/m0/s1. The van der Waals surface area contributed by atoms with Gasteiger partial charge in [0, 0.05) is 18.3 Å². The number of ketones is 2. The second-order valence-electron chi connectivity index (χ2n) is 8.26. The van der Waals surface area contributed by atoms with Gasteiger partial charge in [0.05, 0.1) is 5.60 Å². The highest BCUT2D eigenvalue weighted by Crippen LogP contribution is 2.29. The Morgan fingerprint density at radius 3 is 2.62 bits per heavy atom. The summed E-state index contributed by atoms with van der Waals surface area (Å²) in [6.07, 6.45) is 21.2. The Labute approximate surface area is 176 Å². The van der Waals surface area contributed by atoms with Crippen molar-refractivity contribution in [1.82, 2.24) is 0 Å². The van der Waals surface area contributed by atoms with Crippen molar-refractivity contribution >= 4 is 11.6 Å². The molecular weight excluding hydrogens is 364 g/mol. The largest absolute Gasteiger partial charge is 0.390 e. The summed E-state index contributed by atoms with van der Waals surface area (Å²) in [4.78, 5) is 23.2. The van der Waals surface area contributed by atoms with Crippen LogP contribution < -0.4 is 0 Å². The number of rotatable bonds is 16. The molecule has 4 nitrogen and oxygen atoms in total. The Kier molecular flexibility index (Phi) is 12.7. The van der Waals surface area contributed by atoms with Crippen molar-refractivity contribution < 1.29 is 19.8 Å². The van der Waals surface area contributed by atoms with Crippen molar-refractivity contribution in [2.24, 2.45) is 11.8 Å². The molecule has 4 heteroatoms. The van der Waals surface area contributed by atoms with Gasteiger partial charge in [-0.25, -0.2) is 0 Å². The van der Waals surface area contributed by atoms with Crippen molar-refractivity contribution in [1.29, 1.82) is 0 Å². The fourth-order valence-corrected chi connectivity index (χ4v) is 3.73. The van der Waals surface area contributed by atoms with Crippen molar-refractivity contribution in [3.05, 3.63) is 36.5 Å². The molecule has 3 atom stereocenters. The lowest BCUT2D eigenvalue weighted by atomic mass is 9.87. The fraction of sp³-hybridized carbons (Fsp3) is 0.680. The van der Waals surface area contributed by atoms with Crippen LogP contribution in [0.1, 0.15) is 84.5 Å². The molecule has 0 fully saturated rings. The van der Waals surface area contributed by atoms with Crippen LogP contribution in [0.4, 0.5) is 0 Å². The first kappa shape index (κ1) is 25.5. The van der Waals surface area contributed by atoms with Gasteiger partial charge in [0.25, 0.3) is 0 Å². The summed E-state index contributed by atoms with van der Waals surface area (Å²) < 4.78 is 0. The molecule has 0 amide bonds. The number of hydrogen-bond acceptors (Lipinski definition) is 4. The van der Waals surface area contributed by atoms with Crippen LogP contribution in [-0.2, 0) is 9.59 Å². The van der Waals surface area contributed by atoms with Crippen molar-refractivity contribution in [2.75, 3.05) is 6.61 Å². The number of allylic oxidation sites excluding steroid dienone is 5. The van der Waals surface area contributed by atoms with E-state index in [4.69, 9.17) is 5.11 Å². The van der Waals surface area contributed by atoms with Gasteiger partial charge in [-0.15, -0.1) is 0 Å². The lowest BCUT2D eigenvalue weighted by molar-refractivity contribution is -0.121. The molecule has 29 heavy (non-hydrogen) atoms. The molecule has 0 aliphatic heterocycles. The van der Waals surface area contributed by atoms with Gasteiger partial charge < -0.3 is 10.2 Å². The number of carbonyl (C=O) groups excluding carboxylic acids is 2. The minimum absolute atomic E-state index is 0.0687. The van der Waals surface area contributed by atoms with Gasteiger partial charge in [-0.05, 0) is 44.6 Å². The predicted octanol–water partition coefficient (Wildman–Crippen LogP) is 5.09. The summed E-state index contributed by atoms with van der Waals surface area (Å²) in [5, 5.41) is 19.5. The summed E-state index contributed by atoms with van der Waals surface area (Å²) in [6, 6.07) is 0. The second-order valence-corrected chi connectivity index (χ2v) is 8.26. The van der Waals surface area contributed by atoms with Crippen molar-refractivity contribution in [3.8, 4) is 0 Å². The number of aliphatic hydroxyl groups is 2. The van der Waals surface area contributed by atoms with E-state index in [1.54, 1.807) is 6.08 Å². The normalized spacial score (nSPS) is 21.4. The quantitative estimate of drug-likeness (QED) is 0.277. The van der Waals surface area contributed by atoms with Crippen LogP contribution in [0.25, 0.3) is 0 Å². The molecule has 0 radical (unpaired) electrons. The number of aliphatic hydroxyl groups excluding tert-OH is 1. The molecule has 0 spiro atoms. The molecule has 164 valence electrons. The maximum absolute atomic E-state index is 12.2. The monoisotopic (exact) mass is 404 g/mol. The highest BCUT2D eigenvalue weighted by molar-refractivity contribution is 5.95. The topological polar surface area (TPSA) is 74.6 Å². The third kappa shape index (κ3) is 10.2. The zero-order valence-corrected chi connectivity index (χ0v) is 18.3. The number of carbonyl (C=O) groups is 2. The molecule has 0 bridgehead atoms. The highest BCUT2D eigenvalue weighted by Gasteiger charge is 2.28. The molecule has 0 saturated carbocycles. The van der Waals surface area contributed by atoms with E-state index in [9.17, 15) is 14.7 Å². The molecule has 0 saturated heterocycles. The third-order valence-electron chi connectivity index (χ3n) is 5.88. The minimum Gasteiger partial charge on any atom is -0.390 e. The molecule has 1 rings (SSSR count). The Bertz CT molecular complexity index is 575. The van der Waals surface area contributed by atoms with E-state index < -0.39 is 5.60 Å². The maximum atomic E-state index is 12.2. The van der Waals surface area contributed by atoms with Gasteiger partial charge in [0.1, 0.15) is 6.61 Å². The van der Waals surface area contributed by atoms with Crippen LogP contribution >= 0.6 is 0 Å². The third-order valence-corrected chi connectivity index (χ3v) is 5.88. The van der Waals surface area contributed by atoms with Gasteiger partial charge in [0.15, 0.2) is 11.6 Å². The Balaban J connectivity index is 2.45. The van der Waals surface area contributed by atoms with Crippen molar-refractivity contribution in [3.63, 3.8) is 0 Å². The maximum Gasteiger partial charge on any atom is 0.159 e. The van der Waals surface area contributed by atoms with Gasteiger partial charge in [0.2, 0.25) is 0 Å². The first-order chi connectivity index (χ1) is 14.0. The van der Waals surface area contributed by atoms with Crippen LogP contribution in [0.15, 0.2) is 36.5 Å². The zero-order chi connectivity index (χ0) is 21.5. The molecule has 0 aromatic heterocycles. The first-order valence-corrected chi connectivity index (χ1v) is 11.3. The fourth-order valence-electron chi connectivity index (χ4n) is 3.73. The lowest BCUT2D eigenvalue weighted by Gasteiger charge is -2.25. The SMILES string of the molecule is CCCCCCC(O)(CC)C/C=C/[C@H]1C=CC(=O)[C@@H]1C/C=C\CCCC(=O)CO. The minimum atomic E-state index is -0.641. The molecule has 0 heterocycles. The van der Waals surface area contributed by atoms with Gasteiger partial charge in [-0.1, -0.05) is 69.9 Å². The molecular formula is C25H40O4. The van der Waals surface area contributed by atoms with E-state index in [0.29, 0.717) is 19.3 Å². The van der Waals surface area contributed by atoms with E-state index in [0.717, 1.165) is 32.1 Å². The second kappa shape index (κ2) is 14.5. The van der Waals surface area contributed by atoms with Crippen LogP contribution in [0.2, 0.25) is 0 Å². The molecule has 1 aliphatic rings. The average Bonchev–Trinajstić information content (AvgIpc) is 3.07. The van der Waals surface area contributed by atoms with Gasteiger partial charge >= 0.3 is 0 Å². The van der Waals surface area contributed by atoms with E-state index in [1.165, 1.54) is 19.3 Å². The smallest absolute Gasteiger partial charge is 0.159 e.